The molecule has 3 rings (SSSR count). The Hall–Kier alpha value is -2.02. The molecule has 2 heterocycles. The van der Waals surface area contributed by atoms with Crippen molar-refractivity contribution in [3.63, 3.8) is 0 Å². The van der Waals surface area contributed by atoms with E-state index in [0.29, 0.717) is 10.7 Å². The third-order valence-electron chi connectivity index (χ3n) is 2.39. The van der Waals surface area contributed by atoms with Gasteiger partial charge in [0.15, 0.2) is 4.77 Å². The number of tetrazole rings is 1. The van der Waals surface area contributed by atoms with Crippen LogP contribution in [0.3, 0.4) is 0 Å². The van der Waals surface area contributed by atoms with E-state index in [1.165, 1.54) is 0 Å². The van der Waals surface area contributed by atoms with Gasteiger partial charge in [0.2, 0.25) is 0 Å². The molecular weight excluding hydrogens is 224 g/mol. The molecule has 0 aliphatic rings. The van der Waals surface area contributed by atoms with E-state index < -0.39 is 0 Å². The van der Waals surface area contributed by atoms with Crippen molar-refractivity contribution >= 4 is 23.3 Å². The van der Waals surface area contributed by atoms with Crippen molar-refractivity contribution in [2.45, 2.75) is 0 Å². The summed E-state index contributed by atoms with van der Waals surface area (Å²) in [5.41, 5.74) is 1.93. The van der Waals surface area contributed by atoms with Gasteiger partial charge >= 0.3 is 0 Å². The minimum Gasteiger partial charge on any atom is -0.330 e. The van der Waals surface area contributed by atoms with Gasteiger partial charge in [-0.3, -0.25) is 4.57 Å². The number of hydrogen-bond donors (Lipinski definition) is 1. The lowest BCUT2D eigenvalue weighted by Gasteiger charge is -2.00. The fourth-order valence-electron chi connectivity index (χ4n) is 1.67. The van der Waals surface area contributed by atoms with Crippen LogP contribution in [-0.4, -0.2) is 29.8 Å². The second-order valence-electron chi connectivity index (χ2n) is 3.39. The third kappa shape index (κ3) is 1.18. The first kappa shape index (κ1) is 9.22. The highest BCUT2D eigenvalue weighted by molar-refractivity contribution is 7.71. The molecule has 6 nitrogen and oxygen atoms in total. The average Bonchev–Trinajstić information content (AvgIpc) is 2.81. The number of rotatable bonds is 1. The molecule has 1 N–H and O–H groups in total. The molecule has 0 saturated carbocycles. The largest absolute Gasteiger partial charge is 0.330 e. The number of aryl methyl sites for hydroxylation is 1. The number of nitrogens with one attached hydrogen (secondary N) is 1. The van der Waals surface area contributed by atoms with E-state index in [9.17, 15) is 0 Å². The first-order valence-electron chi connectivity index (χ1n) is 4.70. The Labute approximate surface area is 95.5 Å². The van der Waals surface area contributed by atoms with Gasteiger partial charge in [-0.1, -0.05) is 17.2 Å². The van der Waals surface area contributed by atoms with Gasteiger partial charge < -0.3 is 4.98 Å². The van der Waals surface area contributed by atoms with E-state index >= 15 is 0 Å². The molecule has 0 atom stereocenters. The lowest BCUT2D eigenvalue weighted by atomic mass is 10.3. The first-order valence-corrected chi connectivity index (χ1v) is 5.10. The molecule has 0 saturated heterocycles. The van der Waals surface area contributed by atoms with Crippen molar-refractivity contribution in [3.8, 4) is 5.95 Å². The summed E-state index contributed by atoms with van der Waals surface area (Å²) in [6.07, 6.45) is 0. The van der Waals surface area contributed by atoms with E-state index in [0.717, 1.165) is 11.0 Å². The van der Waals surface area contributed by atoms with Crippen LogP contribution in [0.4, 0.5) is 0 Å². The second kappa shape index (κ2) is 3.24. The Bertz CT molecular complexity index is 706. The molecule has 0 unspecified atom stereocenters. The van der Waals surface area contributed by atoms with Crippen LogP contribution in [0.15, 0.2) is 24.3 Å². The zero-order chi connectivity index (χ0) is 11.1. The van der Waals surface area contributed by atoms with E-state index in [2.05, 4.69) is 20.5 Å². The van der Waals surface area contributed by atoms with Crippen molar-refractivity contribution in [2.75, 3.05) is 0 Å². The minimum atomic E-state index is 0.583. The van der Waals surface area contributed by atoms with Gasteiger partial charge in [-0.2, -0.15) is 0 Å². The van der Waals surface area contributed by atoms with Gasteiger partial charge in [0.1, 0.15) is 0 Å². The first-order chi connectivity index (χ1) is 7.77. The maximum Gasteiger partial charge on any atom is 0.256 e. The predicted octanol–water partition coefficient (Wildman–Crippen LogP) is 1.21. The SMILES string of the molecule is Cn1nnnc1-n1c(=S)[nH]c2ccccc21. The number of benzene rings is 1. The summed E-state index contributed by atoms with van der Waals surface area (Å²) in [5, 5.41) is 11.3. The molecule has 0 bridgehead atoms. The zero-order valence-corrected chi connectivity index (χ0v) is 9.27. The Balaban J connectivity index is 2.44. The topological polar surface area (TPSA) is 64.3 Å². The molecule has 80 valence electrons. The summed E-state index contributed by atoms with van der Waals surface area (Å²) in [5.74, 6) is 0.599. The van der Waals surface area contributed by atoms with Crippen molar-refractivity contribution in [1.82, 2.24) is 29.8 Å². The monoisotopic (exact) mass is 232 g/mol. The second-order valence-corrected chi connectivity index (χ2v) is 3.77. The third-order valence-corrected chi connectivity index (χ3v) is 2.67. The summed E-state index contributed by atoms with van der Waals surface area (Å²) < 4.78 is 3.97. The summed E-state index contributed by atoms with van der Waals surface area (Å²) >= 11 is 5.26. The van der Waals surface area contributed by atoms with Crippen LogP contribution < -0.4 is 0 Å². The fraction of sp³-hybridized carbons (Fsp3) is 0.111. The molecule has 0 fully saturated rings. The van der Waals surface area contributed by atoms with Crippen molar-refractivity contribution in [2.24, 2.45) is 7.05 Å². The maximum absolute atomic E-state index is 5.26. The van der Waals surface area contributed by atoms with Crippen molar-refractivity contribution in [3.05, 3.63) is 29.0 Å². The van der Waals surface area contributed by atoms with E-state index in [1.807, 2.05) is 28.8 Å². The molecule has 16 heavy (non-hydrogen) atoms. The highest BCUT2D eigenvalue weighted by Gasteiger charge is 2.10. The smallest absolute Gasteiger partial charge is 0.256 e. The van der Waals surface area contributed by atoms with Crippen LogP contribution in [0.25, 0.3) is 17.0 Å². The molecule has 7 heteroatoms. The number of imidazole rings is 1. The fourth-order valence-corrected chi connectivity index (χ4v) is 1.96. The van der Waals surface area contributed by atoms with E-state index in [-0.39, 0.29) is 0 Å². The average molecular weight is 232 g/mol. The van der Waals surface area contributed by atoms with Gasteiger partial charge in [0.25, 0.3) is 5.95 Å². The molecule has 1 aromatic carbocycles. The zero-order valence-electron chi connectivity index (χ0n) is 8.45. The summed E-state index contributed by atoms with van der Waals surface area (Å²) in [7, 11) is 1.78. The Morgan fingerprint density at radius 2 is 2.12 bits per heavy atom. The molecule has 2 aromatic heterocycles. The summed E-state index contributed by atoms with van der Waals surface area (Å²) in [4.78, 5) is 3.11. The van der Waals surface area contributed by atoms with Crippen LogP contribution in [-0.2, 0) is 7.05 Å². The van der Waals surface area contributed by atoms with Crippen LogP contribution in [0.2, 0.25) is 0 Å². The maximum atomic E-state index is 5.26. The predicted molar refractivity (Wildman–Crippen MR) is 60.8 cm³/mol. The number of fused-ring (bicyclic) bond motifs is 1. The highest BCUT2D eigenvalue weighted by atomic mass is 32.1. The molecule has 0 aliphatic heterocycles. The molecule has 0 radical (unpaired) electrons. The van der Waals surface area contributed by atoms with Gasteiger partial charge in [0.05, 0.1) is 11.0 Å². The normalized spacial score (nSPS) is 11.1. The number of para-hydroxylation sites is 2. The van der Waals surface area contributed by atoms with Crippen LogP contribution in [0.5, 0.6) is 0 Å². The lowest BCUT2D eigenvalue weighted by molar-refractivity contribution is 0.693. The van der Waals surface area contributed by atoms with Crippen molar-refractivity contribution in [1.29, 1.82) is 0 Å². The standard InChI is InChI=1S/C9H8N6S/c1-14-8(11-12-13-14)15-7-5-3-2-4-6(7)10-9(15)16/h2-5H,1H3,(H,10,16). The number of aromatic amines is 1. The van der Waals surface area contributed by atoms with Crippen LogP contribution >= 0.6 is 12.2 Å². The molecule has 0 spiro atoms. The summed E-state index contributed by atoms with van der Waals surface area (Å²) in [6, 6.07) is 7.83. The molecule has 0 amide bonds. The highest BCUT2D eigenvalue weighted by Crippen LogP contribution is 2.16. The van der Waals surface area contributed by atoms with Crippen LogP contribution in [0.1, 0.15) is 0 Å². The summed E-state index contributed by atoms with van der Waals surface area (Å²) in [6.45, 7) is 0. The number of nitrogens with zero attached hydrogens (tertiary/aromatic N) is 5. The molecular formula is C9H8N6S. The minimum absolute atomic E-state index is 0.583. The Kier molecular flexibility index (Phi) is 1.87. The van der Waals surface area contributed by atoms with Crippen LogP contribution in [0, 0.1) is 4.77 Å². The lowest BCUT2D eigenvalue weighted by Crippen LogP contribution is -2.04. The van der Waals surface area contributed by atoms with Gasteiger partial charge in [-0.25, -0.2) is 4.68 Å². The van der Waals surface area contributed by atoms with Crippen molar-refractivity contribution < 1.29 is 0 Å². The van der Waals surface area contributed by atoms with E-state index in [4.69, 9.17) is 12.2 Å². The molecule has 0 aliphatic carbocycles. The number of H-pyrrole nitrogens is 1. The van der Waals surface area contributed by atoms with Gasteiger partial charge in [-0.15, -0.1) is 0 Å². The molecule has 3 aromatic rings. The number of aromatic nitrogens is 6. The quantitative estimate of drug-likeness (QED) is 0.640. The Morgan fingerprint density at radius 3 is 2.88 bits per heavy atom. The van der Waals surface area contributed by atoms with Gasteiger partial charge in [-0.05, 0) is 34.8 Å². The number of hydrogen-bond acceptors (Lipinski definition) is 4. The Morgan fingerprint density at radius 1 is 1.31 bits per heavy atom. The van der Waals surface area contributed by atoms with E-state index in [1.54, 1.807) is 11.7 Å². The van der Waals surface area contributed by atoms with Gasteiger partial charge in [0, 0.05) is 7.05 Å².